The van der Waals surface area contributed by atoms with E-state index in [1.165, 1.54) is 344 Å². The molecular formula is C131H169B4Br2IN2O4. The number of rotatable bonds is 39. The summed E-state index contributed by atoms with van der Waals surface area (Å²) in [5, 5.41) is 0. The minimum atomic E-state index is -0.370. The van der Waals surface area contributed by atoms with Crippen LogP contribution in [-0.2, 0) is 29.4 Å². The van der Waals surface area contributed by atoms with Gasteiger partial charge in [0.05, 0.1) is 22.4 Å². The number of aromatic nitrogens is 2. The van der Waals surface area contributed by atoms with Gasteiger partial charge < -0.3 is 18.6 Å². The van der Waals surface area contributed by atoms with Gasteiger partial charge in [-0.15, -0.1) is 0 Å². The smallest absolute Gasteiger partial charge is 0.399 e. The van der Waals surface area contributed by atoms with Crippen LogP contribution in [-0.4, -0.2) is 65.0 Å². The molecule has 12 aromatic rings. The summed E-state index contributed by atoms with van der Waals surface area (Å²) in [5.74, 6) is 0. The molecule has 760 valence electrons. The molecule has 6 nitrogen and oxygen atoms in total. The van der Waals surface area contributed by atoms with Crippen molar-refractivity contribution in [3.8, 4) is 55.6 Å². The number of nitrogens with zero attached hydrogens (tertiary/aromatic N) is 2. The Morgan fingerprint density at radius 1 is 0.250 bits per heavy atom. The number of hydrogen-bond acceptors (Lipinski definition) is 6. The molecule has 4 heterocycles. The fourth-order valence-electron chi connectivity index (χ4n) is 24.9. The molecule has 2 aliphatic heterocycles. The summed E-state index contributed by atoms with van der Waals surface area (Å²) in [6.45, 7) is 58.8. The van der Waals surface area contributed by atoms with E-state index in [1.807, 2.05) is 29.7 Å². The lowest BCUT2D eigenvalue weighted by molar-refractivity contribution is 0.00578. The number of benzene rings is 10. The van der Waals surface area contributed by atoms with Gasteiger partial charge in [0, 0.05) is 44.6 Å². The van der Waals surface area contributed by atoms with E-state index in [4.69, 9.17) is 18.6 Å². The van der Waals surface area contributed by atoms with Crippen LogP contribution < -0.4 is 43.7 Å². The molecule has 0 unspecified atom stereocenters. The molecular weight excluding hydrogens is 2000 g/mol. The quantitative estimate of drug-likeness (QED) is 0.0166. The molecule has 0 spiro atoms. The molecule has 2 fully saturated rings. The Morgan fingerprint density at radius 3 is 0.778 bits per heavy atom. The number of aryl methyl sites for hydroxylation is 14. The average molecular weight is 2170 g/mol. The second-order valence-electron chi connectivity index (χ2n) is 45.5. The van der Waals surface area contributed by atoms with Gasteiger partial charge >= 0.3 is 14.2 Å². The van der Waals surface area contributed by atoms with Crippen LogP contribution in [0.1, 0.15) is 363 Å². The predicted molar refractivity (Wildman–Crippen MR) is 644 cm³/mol. The van der Waals surface area contributed by atoms with Crippen molar-refractivity contribution in [3.63, 3.8) is 0 Å². The van der Waals surface area contributed by atoms with Crippen molar-refractivity contribution in [1.29, 1.82) is 0 Å². The summed E-state index contributed by atoms with van der Waals surface area (Å²) in [7, 11) is -0.731. The SMILES string of the molecule is CCCCCCCCC1(CCCCCCCC)c2cc(B3OC(C)(C)C(C)(C)O3)ccc2-c2ccc(B3OC(C)(C)C(C)(C)O3)cc21.CCCCCCCCC1(CCCCCCCC)c2cc(C)ccc2-c2ccc(-c3cc(C)c(B(c4c(C)cc(C)cc4C)c4c(C)cc(-c5ccncc5)cc4C)c(C)c3)cc21.CI.Cc1cc(Br)cc(C)c1B(c1c(C)cc(Br)cc1C)c1c(C)cc(-c2ccncc2)cc1C. The van der Waals surface area contributed by atoms with Crippen molar-refractivity contribution in [1.82, 2.24) is 9.97 Å². The molecule has 0 atom stereocenters. The summed E-state index contributed by atoms with van der Waals surface area (Å²) >= 11 is 9.55. The van der Waals surface area contributed by atoms with E-state index in [-0.39, 0.29) is 60.9 Å². The zero-order valence-corrected chi connectivity index (χ0v) is 98.6. The standard InChI is InChI=1S/C60H74BN.C41H64B2O4.C29H28BBr2N.CH3I/c1-11-13-15-17-19-21-29-60(30-22-20-18-16-14-12-2)55-35-41(3)23-25-53(55)54-26-24-50(40-56(54)60)52-38-47(9)59(48(10)39-52)61(57-43(5)33-42(4)34-44(57)6)58-45(7)36-51(37-46(58)8)49-27-31-62-32-28-49;1-11-13-15-17-19-21-27-41(28-22-20-18-16-14-12-2)35-29-31(42-44-37(3,4)38(5,6)45-42)23-25-33(35)34-26-24-32(30-36(34)41)43-46-39(7,8)40(9,10)47-43;1-17-11-24(23-7-9-33-10-8-23)12-18(2)27(17)30(28-19(3)13-25(31)14-20(28)4)29-21(5)15-26(32)16-22(29)6;1-2/h23-28,31-40H,11-22,29-30H2,1-10H3;23-26,29-30H,11-22,27-28H2,1-10H3;7-16H,1-6H3;1H3. The van der Waals surface area contributed by atoms with Crippen molar-refractivity contribution >= 4 is 126 Å². The maximum atomic E-state index is 6.60. The summed E-state index contributed by atoms with van der Waals surface area (Å²) in [6, 6.07) is 65.7. The van der Waals surface area contributed by atoms with Gasteiger partial charge in [-0.3, -0.25) is 9.97 Å². The molecule has 16 rings (SSSR count). The molecule has 0 saturated carbocycles. The lowest BCUT2D eigenvalue weighted by atomic mass is 9.33. The van der Waals surface area contributed by atoms with E-state index in [2.05, 4.69) is 414 Å². The van der Waals surface area contributed by atoms with E-state index >= 15 is 0 Å². The van der Waals surface area contributed by atoms with Crippen LogP contribution in [0.5, 0.6) is 0 Å². The third kappa shape index (κ3) is 25.4. The monoisotopic (exact) mass is 2160 g/mol. The van der Waals surface area contributed by atoms with Crippen molar-refractivity contribution in [2.24, 2.45) is 0 Å². The van der Waals surface area contributed by atoms with Gasteiger partial charge in [-0.05, 0) is 326 Å². The fraction of sp³-hybridized carbons (Fsp3) is 0.466. The van der Waals surface area contributed by atoms with Crippen molar-refractivity contribution in [2.45, 2.75) is 393 Å². The fourth-order valence-corrected chi connectivity index (χ4v) is 26.2. The first-order chi connectivity index (χ1) is 68.8. The Kier molecular flexibility index (Phi) is 39.6. The number of alkyl halides is 1. The first kappa shape index (κ1) is 113. The predicted octanol–water partition coefficient (Wildman–Crippen LogP) is 32.9. The highest BCUT2D eigenvalue weighted by Crippen LogP contribution is 2.57. The van der Waals surface area contributed by atoms with Crippen molar-refractivity contribution < 1.29 is 18.6 Å². The molecule has 144 heavy (non-hydrogen) atoms. The Morgan fingerprint density at radius 2 is 0.486 bits per heavy atom. The van der Waals surface area contributed by atoms with Gasteiger partial charge in [0.25, 0.3) is 0 Å². The van der Waals surface area contributed by atoms with Gasteiger partial charge in [0.15, 0.2) is 0 Å². The number of fused-ring (bicyclic) bond motifs is 6. The minimum Gasteiger partial charge on any atom is -0.399 e. The lowest BCUT2D eigenvalue weighted by Crippen LogP contribution is -2.57. The lowest BCUT2D eigenvalue weighted by Gasteiger charge is -2.33. The summed E-state index contributed by atoms with van der Waals surface area (Å²) in [6.07, 6.45) is 44.0. The Balaban J connectivity index is 0.000000188. The third-order valence-corrected chi connectivity index (χ3v) is 34.4. The molecule has 2 saturated heterocycles. The largest absolute Gasteiger partial charge is 0.494 e. The summed E-state index contributed by atoms with van der Waals surface area (Å²) in [5.41, 5.74) is 47.4. The maximum Gasteiger partial charge on any atom is 0.494 e. The van der Waals surface area contributed by atoms with Crippen LogP contribution >= 0.6 is 54.5 Å². The Labute approximate surface area is 904 Å². The molecule has 10 aromatic carbocycles. The average Bonchev–Trinajstić information content (AvgIpc) is 1.54. The molecule has 2 aliphatic carbocycles. The van der Waals surface area contributed by atoms with Gasteiger partial charge in [-0.25, -0.2) is 0 Å². The minimum absolute atomic E-state index is 0.0561. The molecule has 0 bridgehead atoms. The number of halogens is 3. The number of hydrogen-bond donors (Lipinski definition) is 0. The normalized spacial score (nSPS) is 15.0. The first-order valence-electron chi connectivity index (χ1n) is 55.2. The summed E-state index contributed by atoms with van der Waals surface area (Å²) < 4.78 is 28.7. The van der Waals surface area contributed by atoms with Crippen molar-refractivity contribution in [2.75, 3.05) is 4.93 Å². The van der Waals surface area contributed by atoms with Gasteiger partial charge in [-0.2, -0.15) is 0 Å². The highest BCUT2D eigenvalue weighted by molar-refractivity contribution is 14.1. The van der Waals surface area contributed by atoms with Crippen LogP contribution in [0.15, 0.2) is 204 Å². The molecule has 2 aromatic heterocycles. The number of pyridine rings is 2. The van der Waals surface area contributed by atoms with E-state index in [0.717, 1.165) is 32.7 Å². The van der Waals surface area contributed by atoms with E-state index in [0.29, 0.717) is 0 Å². The highest BCUT2D eigenvalue weighted by Gasteiger charge is 2.55. The molecule has 13 heteroatoms. The third-order valence-electron chi connectivity index (χ3n) is 33.5. The van der Waals surface area contributed by atoms with Crippen LogP contribution in [0.3, 0.4) is 0 Å². The number of unbranched alkanes of at least 4 members (excludes halogenated alkanes) is 20. The zero-order chi connectivity index (χ0) is 104. The van der Waals surface area contributed by atoms with Gasteiger partial charge in [0.2, 0.25) is 13.4 Å². The second kappa shape index (κ2) is 50.3. The second-order valence-corrected chi connectivity index (χ2v) is 47.3. The van der Waals surface area contributed by atoms with Crippen LogP contribution in [0.2, 0.25) is 0 Å². The molecule has 0 radical (unpaired) electrons. The van der Waals surface area contributed by atoms with Crippen LogP contribution in [0, 0.1) is 96.9 Å². The summed E-state index contributed by atoms with van der Waals surface area (Å²) in [4.78, 5) is 10.5. The molecule has 0 N–H and O–H groups in total. The molecule has 4 aliphatic rings. The topological polar surface area (TPSA) is 62.7 Å². The molecule has 0 amide bonds. The zero-order valence-electron chi connectivity index (χ0n) is 93.2. The van der Waals surface area contributed by atoms with E-state index in [1.54, 1.807) is 11.1 Å². The Hall–Kier alpha value is -7.71. The van der Waals surface area contributed by atoms with Gasteiger partial charge in [-0.1, -0.05) is 462 Å². The van der Waals surface area contributed by atoms with Crippen molar-refractivity contribution in [3.05, 3.63) is 304 Å². The van der Waals surface area contributed by atoms with Gasteiger partial charge in [0.1, 0.15) is 0 Å². The maximum absolute atomic E-state index is 6.60. The Bertz CT molecular complexity index is 6050. The van der Waals surface area contributed by atoms with Crippen LogP contribution in [0.25, 0.3) is 55.6 Å². The van der Waals surface area contributed by atoms with E-state index in [9.17, 15) is 0 Å². The van der Waals surface area contributed by atoms with Crippen LogP contribution in [0.4, 0.5) is 0 Å². The highest BCUT2D eigenvalue weighted by atomic mass is 127. The first-order valence-corrected chi connectivity index (χ1v) is 59.0. The van der Waals surface area contributed by atoms with E-state index < -0.39 is 0 Å².